The number of nitrogens with one attached hydrogen (secondary N) is 2. The van der Waals surface area contributed by atoms with Crippen molar-refractivity contribution in [1.29, 1.82) is 0 Å². The van der Waals surface area contributed by atoms with Gasteiger partial charge in [-0.05, 0) is 43.2 Å². The van der Waals surface area contributed by atoms with Gasteiger partial charge in [-0.1, -0.05) is 12.1 Å². The number of anilines is 2. The molecule has 2 aromatic rings. The average molecular weight is 285 g/mol. The van der Waals surface area contributed by atoms with Crippen molar-refractivity contribution in [3.05, 3.63) is 63.7 Å². The highest BCUT2D eigenvalue weighted by atomic mass is 16.6. The van der Waals surface area contributed by atoms with Gasteiger partial charge >= 0.3 is 6.03 Å². The summed E-state index contributed by atoms with van der Waals surface area (Å²) < 4.78 is 0. The first-order chi connectivity index (χ1) is 9.95. The first-order valence-corrected chi connectivity index (χ1v) is 6.35. The largest absolute Gasteiger partial charge is 0.323 e. The lowest BCUT2D eigenvalue weighted by Crippen LogP contribution is -2.19. The number of amides is 2. The molecule has 0 aliphatic heterocycles. The van der Waals surface area contributed by atoms with Crippen molar-refractivity contribution in [1.82, 2.24) is 0 Å². The van der Waals surface area contributed by atoms with Crippen LogP contribution in [0.2, 0.25) is 0 Å². The monoisotopic (exact) mass is 285 g/mol. The van der Waals surface area contributed by atoms with Crippen LogP contribution in [0.3, 0.4) is 0 Å². The van der Waals surface area contributed by atoms with Gasteiger partial charge in [-0.25, -0.2) is 4.79 Å². The highest BCUT2D eigenvalue weighted by Gasteiger charge is 2.08. The van der Waals surface area contributed by atoms with E-state index in [-0.39, 0.29) is 5.69 Å². The zero-order valence-electron chi connectivity index (χ0n) is 11.7. The van der Waals surface area contributed by atoms with Gasteiger partial charge in [0.05, 0.1) is 4.92 Å². The Bertz CT molecular complexity index is 698. The summed E-state index contributed by atoms with van der Waals surface area (Å²) >= 11 is 0. The molecule has 0 radical (unpaired) electrons. The van der Waals surface area contributed by atoms with Crippen LogP contribution in [0.4, 0.5) is 21.9 Å². The Hall–Kier alpha value is -2.89. The lowest BCUT2D eigenvalue weighted by Gasteiger charge is -2.09. The molecular weight excluding hydrogens is 270 g/mol. The minimum Gasteiger partial charge on any atom is -0.308 e. The van der Waals surface area contributed by atoms with E-state index >= 15 is 0 Å². The Morgan fingerprint density at radius 1 is 1.00 bits per heavy atom. The second-order valence-corrected chi connectivity index (χ2v) is 4.69. The van der Waals surface area contributed by atoms with Crippen LogP contribution in [0, 0.1) is 24.0 Å². The molecule has 108 valence electrons. The van der Waals surface area contributed by atoms with E-state index in [1.807, 2.05) is 26.0 Å². The molecule has 21 heavy (non-hydrogen) atoms. The van der Waals surface area contributed by atoms with E-state index < -0.39 is 11.0 Å². The molecule has 0 aromatic heterocycles. The first kappa shape index (κ1) is 14.5. The van der Waals surface area contributed by atoms with Crippen LogP contribution in [0.1, 0.15) is 11.1 Å². The van der Waals surface area contributed by atoms with Gasteiger partial charge in [-0.15, -0.1) is 0 Å². The number of non-ortho nitro benzene ring substituents is 1. The summed E-state index contributed by atoms with van der Waals surface area (Å²) in [4.78, 5) is 22.0. The third kappa shape index (κ3) is 3.79. The first-order valence-electron chi connectivity index (χ1n) is 6.35. The summed E-state index contributed by atoms with van der Waals surface area (Å²) in [5.74, 6) is 0. The van der Waals surface area contributed by atoms with Gasteiger partial charge in [0.2, 0.25) is 0 Å². The average Bonchev–Trinajstić information content (AvgIpc) is 2.43. The van der Waals surface area contributed by atoms with Gasteiger partial charge in [0.1, 0.15) is 0 Å². The predicted octanol–water partition coefficient (Wildman–Crippen LogP) is 3.86. The van der Waals surface area contributed by atoms with Crippen LogP contribution in [-0.2, 0) is 0 Å². The van der Waals surface area contributed by atoms with Crippen molar-refractivity contribution < 1.29 is 9.72 Å². The van der Waals surface area contributed by atoms with Crippen molar-refractivity contribution in [2.75, 3.05) is 10.6 Å². The summed E-state index contributed by atoms with van der Waals surface area (Å²) in [6, 6.07) is 10.9. The molecule has 0 atom stereocenters. The zero-order valence-corrected chi connectivity index (χ0v) is 11.7. The van der Waals surface area contributed by atoms with Crippen LogP contribution in [0.5, 0.6) is 0 Å². The number of nitro groups is 1. The molecule has 0 saturated heterocycles. The summed E-state index contributed by atoms with van der Waals surface area (Å²) in [5, 5.41) is 15.9. The standard InChI is InChI=1S/C15H15N3O3/c1-10-6-7-13(8-11(10)2)17-15(19)16-12-4-3-5-14(9-12)18(20)21/h3-9H,1-2H3,(H2,16,17,19). The van der Waals surface area contributed by atoms with E-state index in [9.17, 15) is 14.9 Å². The molecule has 0 aliphatic carbocycles. The van der Waals surface area contributed by atoms with Crippen LogP contribution in [-0.4, -0.2) is 11.0 Å². The minimum atomic E-state index is -0.508. The molecule has 0 spiro atoms. The molecule has 2 rings (SSSR count). The number of hydrogen-bond acceptors (Lipinski definition) is 3. The molecule has 6 heteroatoms. The third-order valence-electron chi connectivity index (χ3n) is 3.08. The topological polar surface area (TPSA) is 84.3 Å². The molecule has 0 saturated carbocycles. The SMILES string of the molecule is Cc1ccc(NC(=O)Nc2cccc([N+](=O)[O-])c2)cc1C. The lowest BCUT2D eigenvalue weighted by atomic mass is 10.1. The molecule has 0 aliphatic rings. The van der Waals surface area contributed by atoms with E-state index in [0.717, 1.165) is 11.1 Å². The van der Waals surface area contributed by atoms with Crippen LogP contribution < -0.4 is 10.6 Å². The molecule has 2 aromatic carbocycles. The van der Waals surface area contributed by atoms with Crippen molar-refractivity contribution in [2.24, 2.45) is 0 Å². The second kappa shape index (κ2) is 6.04. The fourth-order valence-electron chi connectivity index (χ4n) is 1.81. The van der Waals surface area contributed by atoms with Gasteiger partial charge in [0.15, 0.2) is 0 Å². The Morgan fingerprint density at radius 3 is 2.29 bits per heavy atom. The number of carbonyl (C=O) groups excluding carboxylic acids is 1. The molecule has 0 unspecified atom stereocenters. The predicted molar refractivity (Wildman–Crippen MR) is 81.7 cm³/mol. The van der Waals surface area contributed by atoms with Crippen molar-refractivity contribution in [3.8, 4) is 0 Å². The quantitative estimate of drug-likeness (QED) is 0.663. The third-order valence-corrected chi connectivity index (χ3v) is 3.08. The second-order valence-electron chi connectivity index (χ2n) is 4.69. The molecular formula is C15H15N3O3. The number of hydrogen-bond donors (Lipinski definition) is 2. The maximum atomic E-state index is 11.9. The number of aryl methyl sites for hydroxylation is 2. The van der Waals surface area contributed by atoms with Gasteiger partial charge in [0, 0.05) is 23.5 Å². The summed E-state index contributed by atoms with van der Waals surface area (Å²) in [6.07, 6.45) is 0. The molecule has 0 fully saturated rings. The van der Waals surface area contributed by atoms with Crippen molar-refractivity contribution in [2.45, 2.75) is 13.8 Å². The van der Waals surface area contributed by atoms with Gasteiger partial charge in [0.25, 0.3) is 5.69 Å². The van der Waals surface area contributed by atoms with Crippen LogP contribution in [0.15, 0.2) is 42.5 Å². The Labute approximate surface area is 121 Å². The molecule has 2 amide bonds. The van der Waals surface area contributed by atoms with Crippen LogP contribution >= 0.6 is 0 Å². The van der Waals surface area contributed by atoms with E-state index in [1.54, 1.807) is 12.1 Å². The smallest absolute Gasteiger partial charge is 0.308 e. The lowest BCUT2D eigenvalue weighted by molar-refractivity contribution is -0.384. The van der Waals surface area contributed by atoms with E-state index in [1.165, 1.54) is 18.2 Å². The summed E-state index contributed by atoms with van der Waals surface area (Å²) in [7, 11) is 0. The molecule has 2 N–H and O–H groups in total. The normalized spacial score (nSPS) is 10.0. The molecule has 0 bridgehead atoms. The Balaban J connectivity index is 2.06. The number of nitrogens with zero attached hydrogens (tertiary/aromatic N) is 1. The van der Waals surface area contributed by atoms with Crippen LogP contribution in [0.25, 0.3) is 0 Å². The zero-order chi connectivity index (χ0) is 15.4. The fraction of sp³-hybridized carbons (Fsp3) is 0.133. The van der Waals surface area contributed by atoms with Crippen molar-refractivity contribution in [3.63, 3.8) is 0 Å². The maximum absolute atomic E-state index is 11.9. The highest BCUT2D eigenvalue weighted by Crippen LogP contribution is 2.18. The fourth-order valence-corrected chi connectivity index (χ4v) is 1.81. The van der Waals surface area contributed by atoms with E-state index in [0.29, 0.717) is 11.4 Å². The number of nitro benzene ring substituents is 1. The molecule has 6 nitrogen and oxygen atoms in total. The number of carbonyl (C=O) groups is 1. The van der Waals surface area contributed by atoms with E-state index in [2.05, 4.69) is 10.6 Å². The van der Waals surface area contributed by atoms with Crippen molar-refractivity contribution >= 4 is 23.1 Å². The van der Waals surface area contributed by atoms with Gasteiger partial charge < -0.3 is 10.6 Å². The number of urea groups is 1. The Morgan fingerprint density at radius 2 is 1.67 bits per heavy atom. The van der Waals surface area contributed by atoms with Gasteiger partial charge in [-0.3, -0.25) is 10.1 Å². The Kier molecular flexibility index (Phi) is 4.18. The highest BCUT2D eigenvalue weighted by molar-refractivity contribution is 5.99. The summed E-state index contributed by atoms with van der Waals surface area (Å²) in [6.45, 7) is 3.95. The minimum absolute atomic E-state index is 0.0704. The van der Waals surface area contributed by atoms with Gasteiger partial charge in [-0.2, -0.15) is 0 Å². The summed E-state index contributed by atoms with van der Waals surface area (Å²) in [5.41, 5.74) is 3.17. The number of benzene rings is 2. The van der Waals surface area contributed by atoms with E-state index in [4.69, 9.17) is 0 Å². The molecule has 0 heterocycles. The maximum Gasteiger partial charge on any atom is 0.323 e. The number of rotatable bonds is 3.